The number of carbonyl (C=O) groups excluding carboxylic acids is 2. The van der Waals surface area contributed by atoms with Crippen molar-refractivity contribution in [1.82, 2.24) is 0 Å². The van der Waals surface area contributed by atoms with Crippen LogP contribution in [0.2, 0.25) is 0 Å². The number of aliphatic hydroxyl groups is 2. The van der Waals surface area contributed by atoms with E-state index in [1.807, 2.05) is 0 Å². The van der Waals surface area contributed by atoms with Crippen molar-refractivity contribution in [3.8, 4) is 0 Å². The molecule has 2 radical (unpaired) electrons. The first-order valence-corrected chi connectivity index (χ1v) is 7.21. The predicted octanol–water partition coefficient (Wildman–Crippen LogP) is -1.49. The first-order valence-electron chi connectivity index (χ1n) is 7.21. The van der Waals surface area contributed by atoms with Crippen molar-refractivity contribution in [2.24, 2.45) is 0 Å². The molecule has 0 bridgehead atoms. The maximum atomic E-state index is 11.2. The molecule has 2 aliphatic rings. The van der Waals surface area contributed by atoms with Gasteiger partial charge in [0.2, 0.25) is 0 Å². The minimum absolute atomic E-state index is 0. The molecule has 21 heteroatoms. The number of rotatable bonds is 4. The quantitative estimate of drug-likeness (QED) is 0.103. The van der Waals surface area contributed by atoms with Crippen LogP contribution in [-0.4, -0.2) is 108 Å². The number of ketones is 2. The van der Waals surface area contributed by atoms with Crippen LogP contribution < -0.4 is 0 Å². The van der Waals surface area contributed by atoms with Crippen LogP contribution in [0.3, 0.4) is 0 Å². The van der Waals surface area contributed by atoms with Gasteiger partial charge >= 0.3 is 45.8 Å². The summed E-state index contributed by atoms with van der Waals surface area (Å²) < 4.78 is 0. The summed E-state index contributed by atoms with van der Waals surface area (Å²) in [6, 6.07) is 0. The molecule has 0 atom stereocenters. The monoisotopic (exact) mass is 540 g/mol. The van der Waals surface area contributed by atoms with Crippen LogP contribution in [0.1, 0.15) is 0 Å². The Balaban J connectivity index is 0.000000602. The van der Waals surface area contributed by atoms with Gasteiger partial charge in [-0.2, -0.15) is 9.58 Å². The molecule has 0 aromatic rings. The number of Topliss-reactive ketones (excluding diaryl/α,β-unsaturated/α-hetero) is 2. The maximum absolute atomic E-state index is 11.2. The van der Waals surface area contributed by atoms with Gasteiger partial charge in [-0.15, -0.1) is 0 Å². The zero-order chi connectivity index (χ0) is 24.9. The maximum Gasteiger partial charge on any atom is 0.376 e. The molecule has 0 aromatic heterocycles. The smallest absolute Gasteiger partial charge is 0.376 e. The van der Waals surface area contributed by atoms with Crippen LogP contribution in [0.4, 0.5) is 0 Å². The SMILES string of the molecule is [N-]=[N+]=C1C=C([N+](=O)[O-])C(O)=C([N+](=O)[O-])C1=O.[N-]=[N+]=C1C=C([N+](=O)[O-])C(O)=C([N+](=O)[O-])C1=O.[Sr]. The van der Waals surface area contributed by atoms with Crippen LogP contribution in [0, 0.1) is 40.5 Å². The van der Waals surface area contributed by atoms with Crippen molar-refractivity contribution in [3.05, 3.63) is 98.0 Å². The summed E-state index contributed by atoms with van der Waals surface area (Å²) in [6.45, 7) is 0. The molecular weight excluding hydrogens is 536 g/mol. The Labute approximate surface area is 214 Å². The van der Waals surface area contributed by atoms with E-state index in [0.29, 0.717) is 12.2 Å². The van der Waals surface area contributed by atoms with Gasteiger partial charge in [0.05, 0.1) is 19.7 Å². The van der Waals surface area contributed by atoms with Crippen molar-refractivity contribution in [2.45, 2.75) is 0 Å². The standard InChI is InChI=1S/2C6H2N4O6.Sr/c2*7-8-2-1-3(9(13)14)6(12)4(5(2)11)10(15)16;/h2*1,12H;. The summed E-state index contributed by atoms with van der Waals surface area (Å²) >= 11 is 0. The third-order valence-corrected chi connectivity index (χ3v) is 3.35. The van der Waals surface area contributed by atoms with Gasteiger partial charge in [0, 0.05) is 45.5 Å². The van der Waals surface area contributed by atoms with E-state index in [0.717, 1.165) is 0 Å². The topological polar surface area (TPSA) is 320 Å². The van der Waals surface area contributed by atoms with E-state index >= 15 is 0 Å². The number of nitrogens with zero attached hydrogens (tertiary/aromatic N) is 8. The molecule has 0 aliphatic heterocycles. The van der Waals surface area contributed by atoms with E-state index in [2.05, 4.69) is 9.58 Å². The largest absolute Gasteiger partial charge is 0.497 e. The number of hydrogen-bond donors (Lipinski definition) is 2. The van der Waals surface area contributed by atoms with Crippen molar-refractivity contribution in [3.63, 3.8) is 0 Å². The van der Waals surface area contributed by atoms with Crippen molar-refractivity contribution >= 4 is 68.5 Å². The Bertz CT molecular complexity index is 1150. The molecule has 2 rings (SSSR count). The van der Waals surface area contributed by atoms with Crippen LogP contribution in [-0.2, 0) is 9.59 Å². The number of allylic oxidation sites excluding steroid dienone is 4. The Hall–Kier alpha value is -4.26. The average Bonchev–Trinajstić information content (AvgIpc) is 2.67. The van der Waals surface area contributed by atoms with Gasteiger partial charge < -0.3 is 21.3 Å². The molecular formula is C12H4N8O12Sr. The zero-order valence-corrected chi connectivity index (χ0v) is 18.9. The molecule has 2 N–H and O–H groups in total. The van der Waals surface area contributed by atoms with E-state index in [1.54, 1.807) is 0 Å². The van der Waals surface area contributed by atoms with Gasteiger partial charge in [-0.1, -0.05) is 0 Å². The second-order valence-electron chi connectivity index (χ2n) is 5.11. The first-order chi connectivity index (χ1) is 14.8. The van der Waals surface area contributed by atoms with Gasteiger partial charge in [0.1, 0.15) is 12.2 Å². The fourth-order valence-electron chi connectivity index (χ4n) is 1.99. The molecule has 0 amide bonds. The average molecular weight is 540 g/mol. The van der Waals surface area contributed by atoms with E-state index in [9.17, 15) is 50.0 Å². The molecule has 2 aliphatic carbocycles. The third-order valence-electron chi connectivity index (χ3n) is 3.35. The molecule has 0 aromatic carbocycles. The van der Waals surface area contributed by atoms with Crippen molar-refractivity contribution < 1.29 is 49.1 Å². The Morgan fingerprint density at radius 2 is 0.939 bits per heavy atom. The number of aliphatic hydroxyl groups excluding tert-OH is 2. The van der Waals surface area contributed by atoms with Gasteiger partial charge in [-0.3, -0.25) is 50.0 Å². The van der Waals surface area contributed by atoms with Crippen LogP contribution >= 0.6 is 0 Å². The fraction of sp³-hybridized carbons (Fsp3) is 0. The molecule has 20 nitrogen and oxygen atoms in total. The van der Waals surface area contributed by atoms with Crippen LogP contribution in [0.5, 0.6) is 0 Å². The zero-order valence-electron chi connectivity index (χ0n) is 15.4. The molecule has 0 fully saturated rings. The Morgan fingerprint density at radius 3 is 1.12 bits per heavy atom. The minimum Gasteiger partial charge on any atom is -0.497 e. The summed E-state index contributed by atoms with van der Waals surface area (Å²) in [4.78, 5) is 63.7. The summed E-state index contributed by atoms with van der Waals surface area (Å²) in [7, 11) is 0. The van der Waals surface area contributed by atoms with Gasteiger partial charge in [0.15, 0.2) is 0 Å². The van der Waals surface area contributed by atoms with E-state index in [-0.39, 0.29) is 45.5 Å². The molecule has 0 unspecified atom stereocenters. The summed E-state index contributed by atoms with van der Waals surface area (Å²) in [6.07, 6.45) is 0.870. The minimum atomic E-state index is -1.41. The molecule has 0 saturated heterocycles. The summed E-state index contributed by atoms with van der Waals surface area (Å²) in [5.74, 6) is -5.55. The second-order valence-corrected chi connectivity index (χ2v) is 5.11. The van der Waals surface area contributed by atoms with E-state index < -0.39 is 77.0 Å². The van der Waals surface area contributed by atoms with Gasteiger partial charge in [0.25, 0.3) is 11.5 Å². The predicted molar refractivity (Wildman–Crippen MR) is 96.5 cm³/mol. The third kappa shape index (κ3) is 5.92. The van der Waals surface area contributed by atoms with E-state index in [4.69, 9.17) is 21.3 Å². The summed E-state index contributed by atoms with van der Waals surface area (Å²) in [5, 5.41) is 59.8. The van der Waals surface area contributed by atoms with Crippen molar-refractivity contribution in [2.75, 3.05) is 0 Å². The normalized spacial score (nSPS) is 15.2. The number of hydrogen-bond acceptors (Lipinski definition) is 12. The molecule has 0 saturated carbocycles. The summed E-state index contributed by atoms with van der Waals surface area (Å²) in [5.41, 5.74) is 9.88. The molecule has 33 heavy (non-hydrogen) atoms. The number of nitro groups is 4. The Morgan fingerprint density at radius 1 is 0.667 bits per heavy atom. The molecule has 0 heterocycles. The molecule has 166 valence electrons. The van der Waals surface area contributed by atoms with Crippen molar-refractivity contribution in [1.29, 1.82) is 0 Å². The molecule has 0 spiro atoms. The second kappa shape index (κ2) is 11.4. The fourth-order valence-corrected chi connectivity index (χ4v) is 1.99. The van der Waals surface area contributed by atoms with Crippen LogP contribution in [0.25, 0.3) is 11.1 Å². The van der Waals surface area contributed by atoms with Gasteiger partial charge in [-0.25, -0.2) is 0 Å². The van der Waals surface area contributed by atoms with Crippen LogP contribution in [0.15, 0.2) is 46.5 Å². The Kier molecular flexibility index (Phi) is 9.92. The van der Waals surface area contributed by atoms with E-state index in [1.165, 1.54) is 0 Å². The number of carbonyl (C=O) groups is 2. The van der Waals surface area contributed by atoms with Gasteiger partial charge in [-0.05, 0) is 0 Å². The first kappa shape index (κ1) is 28.7.